The third-order valence-corrected chi connectivity index (χ3v) is 4.27. The zero-order valence-electron chi connectivity index (χ0n) is 10.8. The first-order chi connectivity index (χ1) is 9.50. The van der Waals surface area contributed by atoms with Crippen LogP contribution in [0, 0.1) is 0 Å². The molecule has 2 rings (SSSR count). The van der Waals surface area contributed by atoms with Crippen LogP contribution in [-0.4, -0.2) is 30.9 Å². The fourth-order valence-corrected chi connectivity index (χ4v) is 2.23. The molecule has 0 bridgehead atoms. The van der Waals surface area contributed by atoms with Gasteiger partial charge in [-0.25, -0.2) is 13.1 Å². The molecule has 1 heterocycles. The normalized spacial score (nSPS) is 11.7. The van der Waals surface area contributed by atoms with Crippen LogP contribution in [0.1, 0.15) is 12.8 Å². The van der Waals surface area contributed by atoms with E-state index >= 15 is 0 Å². The number of hydrogen-bond acceptors (Lipinski definition) is 5. The average molecular weight is 316 g/mol. The fourth-order valence-electron chi connectivity index (χ4n) is 1.49. The minimum Gasteiger partial charge on any atom is -0.339 e. The molecule has 108 valence electrons. The summed E-state index contributed by atoms with van der Waals surface area (Å²) in [5, 5.41) is 4.48. The molecular formula is C12H14ClN3O3S. The van der Waals surface area contributed by atoms with Gasteiger partial charge in [-0.2, -0.15) is 4.98 Å². The van der Waals surface area contributed by atoms with Gasteiger partial charge in [0, 0.05) is 23.6 Å². The van der Waals surface area contributed by atoms with Crippen LogP contribution >= 0.6 is 11.6 Å². The zero-order valence-corrected chi connectivity index (χ0v) is 12.4. The molecule has 8 heteroatoms. The molecule has 0 saturated carbocycles. The third-order valence-electron chi connectivity index (χ3n) is 2.61. The van der Waals surface area contributed by atoms with Gasteiger partial charge in [-0.15, -0.1) is 0 Å². The summed E-state index contributed by atoms with van der Waals surface area (Å²) in [4.78, 5) is 4.20. The summed E-state index contributed by atoms with van der Waals surface area (Å²) in [6, 6.07) is 7.05. The van der Waals surface area contributed by atoms with Crippen molar-refractivity contribution < 1.29 is 12.9 Å². The minimum absolute atomic E-state index is 0.0485. The molecule has 0 aliphatic rings. The second kappa shape index (κ2) is 6.34. The highest BCUT2D eigenvalue weighted by Gasteiger charge is 2.10. The molecule has 1 N–H and O–H groups in total. The molecule has 0 atom stereocenters. The molecule has 20 heavy (non-hydrogen) atoms. The Kier molecular flexibility index (Phi) is 4.74. The van der Waals surface area contributed by atoms with Crippen molar-refractivity contribution in [1.29, 1.82) is 0 Å². The lowest BCUT2D eigenvalue weighted by molar-refractivity contribution is 0.379. The average Bonchev–Trinajstić information content (AvgIpc) is 2.88. The number of halogens is 1. The summed E-state index contributed by atoms with van der Waals surface area (Å²) in [5.74, 6) is 0.885. The first-order valence-corrected chi connectivity index (χ1v) is 8.09. The smallest absolute Gasteiger partial charge is 0.228 e. The summed E-state index contributed by atoms with van der Waals surface area (Å²) in [5.41, 5.74) is 0.790. The minimum atomic E-state index is -3.19. The molecule has 0 saturated heterocycles. The molecule has 0 unspecified atom stereocenters. The molecular weight excluding hydrogens is 302 g/mol. The van der Waals surface area contributed by atoms with E-state index in [0.717, 1.165) is 5.56 Å². The van der Waals surface area contributed by atoms with Crippen LogP contribution in [0.2, 0.25) is 5.02 Å². The van der Waals surface area contributed by atoms with Crippen LogP contribution < -0.4 is 4.72 Å². The van der Waals surface area contributed by atoms with E-state index in [-0.39, 0.29) is 12.3 Å². The largest absolute Gasteiger partial charge is 0.339 e. The molecule has 2 aromatic rings. The first kappa shape index (κ1) is 15.0. The van der Waals surface area contributed by atoms with E-state index in [4.69, 9.17) is 16.1 Å². The Morgan fingerprint density at radius 3 is 2.65 bits per heavy atom. The number of nitrogens with one attached hydrogen (secondary N) is 1. The van der Waals surface area contributed by atoms with Gasteiger partial charge in [-0.1, -0.05) is 16.8 Å². The topological polar surface area (TPSA) is 85.1 Å². The zero-order chi connectivity index (χ0) is 14.6. The van der Waals surface area contributed by atoms with Crippen molar-refractivity contribution in [2.75, 3.05) is 12.3 Å². The maximum absolute atomic E-state index is 11.3. The predicted octanol–water partition coefficient (Wildman–Crippen LogP) is 1.87. The van der Waals surface area contributed by atoms with Crippen LogP contribution in [0.25, 0.3) is 11.4 Å². The van der Waals surface area contributed by atoms with Crippen molar-refractivity contribution in [3.05, 3.63) is 35.2 Å². The van der Waals surface area contributed by atoms with Crippen molar-refractivity contribution >= 4 is 21.6 Å². The maximum Gasteiger partial charge on any atom is 0.228 e. The molecule has 0 amide bonds. The van der Waals surface area contributed by atoms with Gasteiger partial charge < -0.3 is 4.52 Å². The van der Waals surface area contributed by atoms with E-state index in [9.17, 15) is 8.42 Å². The van der Waals surface area contributed by atoms with E-state index in [1.54, 1.807) is 31.2 Å². The van der Waals surface area contributed by atoms with E-state index in [1.165, 1.54) is 0 Å². The molecule has 0 aliphatic carbocycles. The molecule has 1 aromatic heterocycles. The van der Waals surface area contributed by atoms with E-state index in [1.807, 2.05) is 0 Å². The second-order valence-corrected chi connectivity index (χ2v) is 6.60. The monoisotopic (exact) mass is 315 g/mol. The highest BCUT2D eigenvalue weighted by Crippen LogP contribution is 2.18. The predicted molar refractivity (Wildman–Crippen MR) is 75.9 cm³/mol. The summed E-state index contributed by atoms with van der Waals surface area (Å²) in [7, 11) is -3.19. The lowest BCUT2D eigenvalue weighted by Gasteiger charge is -2.00. The number of rotatable bonds is 6. The van der Waals surface area contributed by atoms with Crippen molar-refractivity contribution in [2.24, 2.45) is 0 Å². The van der Waals surface area contributed by atoms with Gasteiger partial charge >= 0.3 is 0 Å². The van der Waals surface area contributed by atoms with Crippen LogP contribution in [0.3, 0.4) is 0 Å². The summed E-state index contributed by atoms with van der Waals surface area (Å²) in [6.07, 6.45) is 0.347. The SMILES string of the molecule is CCS(=O)(=O)NCCc1nc(-c2ccc(Cl)cc2)no1. The van der Waals surface area contributed by atoms with Crippen LogP contribution in [0.5, 0.6) is 0 Å². The second-order valence-electron chi connectivity index (χ2n) is 4.07. The number of hydrogen-bond donors (Lipinski definition) is 1. The fraction of sp³-hybridized carbons (Fsp3) is 0.333. The Bertz CT molecular complexity index is 668. The van der Waals surface area contributed by atoms with E-state index < -0.39 is 10.0 Å². The van der Waals surface area contributed by atoms with Crippen molar-refractivity contribution in [1.82, 2.24) is 14.9 Å². The third kappa shape index (κ3) is 4.03. The van der Waals surface area contributed by atoms with Gasteiger partial charge in [0.2, 0.25) is 21.7 Å². The van der Waals surface area contributed by atoms with Gasteiger partial charge in [-0.3, -0.25) is 0 Å². The first-order valence-electron chi connectivity index (χ1n) is 6.06. The highest BCUT2D eigenvalue weighted by atomic mass is 35.5. The number of sulfonamides is 1. The van der Waals surface area contributed by atoms with E-state index in [2.05, 4.69) is 14.9 Å². The van der Waals surface area contributed by atoms with Gasteiger partial charge in [0.25, 0.3) is 0 Å². The van der Waals surface area contributed by atoms with E-state index in [0.29, 0.717) is 23.2 Å². The van der Waals surface area contributed by atoms with Crippen molar-refractivity contribution in [3.63, 3.8) is 0 Å². The maximum atomic E-state index is 11.3. The Hall–Kier alpha value is -1.44. The number of nitrogens with zero attached hydrogens (tertiary/aromatic N) is 2. The molecule has 0 fully saturated rings. The molecule has 0 spiro atoms. The Labute approximate surface area is 122 Å². The van der Waals surface area contributed by atoms with Crippen molar-refractivity contribution in [2.45, 2.75) is 13.3 Å². The van der Waals surface area contributed by atoms with Crippen LogP contribution in [0.4, 0.5) is 0 Å². The molecule has 0 radical (unpaired) electrons. The molecule has 6 nitrogen and oxygen atoms in total. The number of aromatic nitrogens is 2. The Morgan fingerprint density at radius 2 is 2.00 bits per heavy atom. The lowest BCUT2D eigenvalue weighted by atomic mass is 10.2. The molecule has 0 aliphatic heterocycles. The van der Waals surface area contributed by atoms with Gasteiger partial charge in [0.05, 0.1) is 5.75 Å². The Balaban J connectivity index is 1.97. The van der Waals surface area contributed by atoms with Gasteiger partial charge in [0.1, 0.15) is 0 Å². The molecule has 1 aromatic carbocycles. The number of benzene rings is 1. The van der Waals surface area contributed by atoms with Crippen molar-refractivity contribution in [3.8, 4) is 11.4 Å². The highest BCUT2D eigenvalue weighted by molar-refractivity contribution is 7.89. The summed E-state index contributed by atoms with van der Waals surface area (Å²) in [6.45, 7) is 1.81. The lowest BCUT2D eigenvalue weighted by Crippen LogP contribution is -2.27. The van der Waals surface area contributed by atoms with Gasteiger partial charge in [0.15, 0.2) is 0 Å². The quantitative estimate of drug-likeness (QED) is 0.879. The van der Waals surface area contributed by atoms with Gasteiger partial charge in [-0.05, 0) is 31.2 Å². The summed E-state index contributed by atoms with van der Waals surface area (Å²) >= 11 is 5.80. The van der Waals surface area contributed by atoms with Crippen LogP contribution in [-0.2, 0) is 16.4 Å². The standard InChI is InChI=1S/C12H14ClN3O3S/c1-2-20(17,18)14-8-7-11-15-12(16-19-11)9-3-5-10(13)6-4-9/h3-6,14H,2,7-8H2,1H3. The van der Waals surface area contributed by atoms with Crippen LogP contribution in [0.15, 0.2) is 28.8 Å². The Morgan fingerprint density at radius 1 is 1.30 bits per heavy atom. The summed E-state index contributed by atoms with van der Waals surface area (Å²) < 4.78 is 30.0.